The average molecular weight is 618 g/mol. The van der Waals surface area contributed by atoms with Crippen molar-refractivity contribution in [2.24, 2.45) is 0 Å². The van der Waals surface area contributed by atoms with Gasteiger partial charge in [-0.3, -0.25) is 19.4 Å². The van der Waals surface area contributed by atoms with Gasteiger partial charge in [0.1, 0.15) is 18.2 Å². The van der Waals surface area contributed by atoms with Crippen LogP contribution in [-0.2, 0) is 11.2 Å². The monoisotopic (exact) mass is 617 g/mol. The van der Waals surface area contributed by atoms with E-state index in [1.807, 2.05) is 36.4 Å². The van der Waals surface area contributed by atoms with Gasteiger partial charge in [-0.05, 0) is 48.4 Å². The van der Waals surface area contributed by atoms with E-state index in [9.17, 15) is 29.9 Å². The smallest absolute Gasteiger partial charge is 0.253 e. The van der Waals surface area contributed by atoms with Gasteiger partial charge in [-0.1, -0.05) is 61.9 Å². The zero-order valence-corrected chi connectivity index (χ0v) is 25.5. The van der Waals surface area contributed by atoms with E-state index in [2.05, 4.69) is 27.9 Å². The summed E-state index contributed by atoms with van der Waals surface area (Å²) in [5, 5.41) is 40.4. The number of nitrogens with one attached hydrogen (secondary N) is 3. The second-order valence-corrected chi connectivity index (χ2v) is 11.4. The molecule has 3 rings (SSSR count). The van der Waals surface area contributed by atoms with Crippen LogP contribution in [-0.4, -0.2) is 74.8 Å². The fraction of sp³-hybridized carbons (Fsp3) is 0.364. The summed E-state index contributed by atoms with van der Waals surface area (Å²) in [5.41, 5.74) is 1.41. The maximum absolute atomic E-state index is 13.7. The molecule has 2 aromatic carbocycles. The van der Waals surface area contributed by atoms with E-state index in [-0.39, 0.29) is 12.8 Å². The van der Waals surface area contributed by atoms with Crippen molar-refractivity contribution >= 4 is 29.5 Å². The maximum Gasteiger partial charge on any atom is 0.253 e. The van der Waals surface area contributed by atoms with Gasteiger partial charge in [0.15, 0.2) is 0 Å². The first-order valence-corrected chi connectivity index (χ1v) is 15.7. The van der Waals surface area contributed by atoms with E-state index in [0.29, 0.717) is 16.9 Å². The number of benzene rings is 2. The summed E-state index contributed by atoms with van der Waals surface area (Å²) >= 11 is 1.53. The molecule has 5 atom stereocenters. The van der Waals surface area contributed by atoms with Gasteiger partial charge < -0.3 is 26.2 Å². The fourth-order valence-corrected chi connectivity index (χ4v) is 5.58. The summed E-state index contributed by atoms with van der Waals surface area (Å²) in [5.74, 6) is -0.424. The minimum Gasteiger partial charge on any atom is -0.388 e. The normalized spacial score (nSPS) is 14.2. The van der Waals surface area contributed by atoms with Gasteiger partial charge in [-0.15, -0.1) is 0 Å². The molecule has 0 aliphatic carbocycles. The predicted octanol–water partition coefficient (Wildman–Crippen LogP) is 2.87. The van der Waals surface area contributed by atoms with Crippen LogP contribution in [0.25, 0.3) is 0 Å². The first-order valence-electron chi connectivity index (χ1n) is 14.6. The van der Waals surface area contributed by atoms with Crippen LogP contribution in [0, 0.1) is 11.3 Å². The van der Waals surface area contributed by atoms with Crippen molar-refractivity contribution in [3.63, 3.8) is 0 Å². The van der Waals surface area contributed by atoms with E-state index in [1.165, 1.54) is 18.0 Å². The lowest BCUT2D eigenvalue weighted by molar-refractivity contribution is -0.125. The molecule has 1 heterocycles. The Bertz CT molecular complexity index is 1360. The Morgan fingerprint density at radius 1 is 0.864 bits per heavy atom. The average Bonchev–Trinajstić information content (AvgIpc) is 3.06. The number of aliphatic hydroxyl groups excluding tert-OH is 2. The lowest BCUT2D eigenvalue weighted by atomic mass is 9.92. The molecular weight excluding hydrogens is 578 g/mol. The van der Waals surface area contributed by atoms with Gasteiger partial charge in [0.25, 0.3) is 11.8 Å². The number of nitrogens with zero attached hydrogens (tertiary/aromatic N) is 2. The Labute approximate surface area is 262 Å². The topological polar surface area (TPSA) is 164 Å². The number of unbranched alkanes of at least 4 members (excludes halogenated alkanes) is 1. The van der Waals surface area contributed by atoms with Crippen LogP contribution in [0.2, 0.25) is 0 Å². The fourth-order valence-electron chi connectivity index (χ4n) is 4.45. The highest BCUT2D eigenvalue weighted by molar-refractivity contribution is 7.99. The molecule has 0 aliphatic heterocycles. The Kier molecular flexibility index (Phi) is 14.3. The molecule has 0 saturated heterocycles. The van der Waals surface area contributed by atoms with Gasteiger partial charge in [-0.25, -0.2) is 0 Å². The third kappa shape index (κ3) is 10.8. The predicted molar refractivity (Wildman–Crippen MR) is 170 cm³/mol. The number of aliphatic hydroxyl groups is 2. The van der Waals surface area contributed by atoms with Crippen LogP contribution < -0.4 is 16.0 Å². The van der Waals surface area contributed by atoms with E-state index in [0.717, 1.165) is 24.2 Å². The largest absolute Gasteiger partial charge is 0.388 e. The summed E-state index contributed by atoms with van der Waals surface area (Å²) in [7, 11) is 0. The van der Waals surface area contributed by atoms with Gasteiger partial charge in [0.05, 0.1) is 30.1 Å². The summed E-state index contributed by atoms with van der Waals surface area (Å²) in [6, 6.07) is 19.5. The van der Waals surface area contributed by atoms with Crippen LogP contribution in [0.4, 0.5) is 0 Å². The number of amides is 3. The molecule has 0 unspecified atom stereocenters. The molecule has 0 saturated carbocycles. The van der Waals surface area contributed by atoms with Crippen LogP contribution >= 0.6 is 11.8 Å². The van der Waals surface area contributed by atoms with Crippen molar-refractivity contribution in [1.29, 1.82) is 5.26 Å². The van der Waals surface area contributed by atoms with Crippen molar-refractivity contribution < 1.29 is 24.6 Å². The van der Waals surface area contributed by atoms with E-state index >= 15 is 0 Å². The Balaban J connectivity index is 1.82. The first kappa shape index (κ1) is 34.3. The maximum atomic E-state index is 13.7. The molecule has 0 spiro atoms. The second kappa shape index (κ2) is 18.4. The SMILES string of the molecule is CCCCSC[C@@H](NC(=O)c1cccnc1)C(=O)N[C@@H](Cc1ccccc1)[C@@H](O)[C@H](O)[C@@H](CC#N)NC(=O)c1ccccc1. The number of hydrogen-bond donors (Lipinski definition) is 5. The van der Waals surface area contributed by atoms with Crippen molar-refractivity contribution in [3.8, 4) is 6.07 Å². The standard InChI is InChI=1S/C33H39N5O5S/c1-2-3-19-44-22-28(38-32(42)25-15-10-18-35-21-25)33(43)37-27(20-23-11-6-4-7-12-23)30(40)29(39)26(16-17-34)36-31(41)24-13-8-5-9-14-24/h4-15,18,21,26-30,39-40H,2-3,16,19-20,22H2,1H3,(H,36,41)(H,37,43)(H,38,42)/t26-,27+,28-,29-,30-/m1/s1. The van der Waals surface area contributed by atoms with Crippen LogP contribution in [0.15, 0.2) is 85.2 Å². The lowest BCUT2D eigenvalue weighted by Crippen LogP contribution is -2.59. The molecule has 0 fully saturated rings. The summed E-state index contributed by atoms with van der Waals surface area (Å²) in [4.78, 5) is 43.4. The van der Waals surface area contributed by atoms with Crippen molar-refractivity contribution in [2.75, 3.05) is 11.5 Å². The molecule has 5 N–H and O–H groups in total. The number of nitriles is 1. The molecule has 0 aliphatic rings. The minimum absolute atomic E-state index is 0.142. The van der Waals surface area contributed by atoms with Crippen LogP contribution in [0.1, 0.15) is 52.5 Å². The van der Waals surface area contributed by atoms with Crippen molar-refractivity contribution in [2.45, 2.75) is 62.9 Å². The number of thioether (sulfide) groups is 1. The summed E-state index contributed by atoms with van der Waals surface area (Å²) < 4.78 is 0. The second-order valence-electron chi connectivity index (χ2n) is 10.3. The quantitative estimate of drug-likeness (QED) is 0.144. The lowest BCUT2D eigenvalue weighted by Gasteiger charge is -2.33. The molecule has 232 valence electrons. The third-order valence-electron chi connectivity index (χ3n) is 6.94. The van der Waals surface area contributed by atoms with E-state index in [4.69, 9.17) is 0 Å². The molecule has 11 heteroatoms. The molecule has 3 aromatic rings. The Morgan fingerprint density at radius 2 is 1.50 bits per heavy atom. The zero-order chi connectivity index (χ0) is 31.7. The zero-order valence-electron chi connectivity index (χ0n) is 24.6. The molecule has 0 bridgehead atoms. The van der Waals surface area contributed by atoms with E-state index < -0.39 is 48.1 Å². The van der Waals surface area contributed by atoms with Crippen LogP contribution in [0.5, 0.6) is 0 Å². The first-order chi connectivity index (χ1) is 21.3. The third-order valence-corrected chi connectivity index (χ3v) is 8.08. The number of hydrogen-bond acceptors (Lipinski definition) is 8. The molecule has 3 amide bonds. The van der Waals surface area contributed by atoms with Gasteiger partial charge >= 0.3 is 0 Å². The highest BCUT2D eigenvalue weighted by Crippen LogP contribution is 2.15. The van der Waals surface area contributed by atoms with Gasteiger partial charge in [0.2, 0.25) is 5.91 Å². The number of aromatic nitrogens is 1. The minimum atomic E-state index is -1.60. The van der Waals surface area contributed by atoms with Crippen molar-refractivity contribution in [3.05, 3.63) is 102 Å². The molecule has 10 nitrogen and oxygen atoms in total. The number of rotatable bonds is 17. The molecule has 0 radical (unpaired) electrons. The molecular formula is C33H39N5O5S. The highest BCUT2D eigenvalue weighted by Gasteiger charge is 2.35. The van der Waals surface area contributed by atoms with Crippen molar-refractivity contribution in [1.82, 2.24) is 20.9 Å². The summed E-state index contributed by atoms with van der Waals surface area (Å²) in [6.45, 7) is 2.07. The number of pyridine rings is 1. The van der Waals surface area contributed by atoms with Gasteiger partial charge in [-0.2, -0.15) is 17.0 Å². The van der Waals surface area contributed by atoms with E-state index in [1.54, 1.807) is 48.7 Å². The van der Waals surface area contributed by atoms with Crippen LogP contribution in [0.3, 0.4) is 0 Å². The number of carbonyl (C=O) groups excluding carboxylic acids is 3. The molecule has 44 heavy (non-hydrogen) atoms. The Morgan fingerprint density at radius 3 is 2.14 bits per heavy atom. The summed E-state index contributed by atoms with van der Waals surface area (Å²) in [6.07, 6.45) is 1.58. The Hall–Kier alpha value is -4.24. The molecule has 1 aromatic heterocycles. The van der Waals surface area contributed by atoms with Gasteiger partial charge in [0, 0.05) is 23.7 Å². The highest BCUT2D eigenvalue weighted by atomic mass is 32.2. The number of carbonyl (C=O) groups is 3.